The lowest BCUT2D eigenvalue weighted by Crippen LogP contribution is -2.14. The molecule has 2 rings (SSSR count). The Kier molecular flexibility index (Phi) is 5.04. The van der Waals surface area contributed by atoms with E-state index in [1.54, 1.807) is 24.9 Å². The van der Waals surface area contributed by atoms with E-state index in [0.717, 1.165) is 21.1 Å². The highest BCUT2D eigenvalue weighted by Gasteiger charge is 2.15. The van der Waals surface area contributed by atoms with Crippen molar-refractivity contribution < 1.29 is 9.13 Å². The third-order valence-electron chi connectivity index (χ3n) is 3.14. The second-order valence-electron chi connectivity index (χ2n) is 4.44. The van der Waals surface area contributed by atoms with Gasteiger partial charge in [-0.05, 0) is 44.3 Å². The van der Waals surface area contributed by atoms with E-state index >= 15 is 0 Å². The number of benzene rings is 2. The maximum atomic E-state index is 13.3. The summed E-state index contributed by atoms with van der Waals surface area (Å²) in [4.78, 5) is 1.94. The number of hydrogen-bond acceptors (Lipinski definition) is 3. The Morgan fingerprint density at radius 1 is 1.20 bits per heavy atom. The fourth-order valence-corrected chi connectivity index (χ4v) is 3.13. The van der Waals surface area contributed by atoms with Gasteiger partial charge in [-0.1, -0.05) is 23.9 Å². The lowest BCUT2D eigenvalue weighted by molar-refractivity contribution is 0.401. The first-order chi connectivity index (χ1) is 9.65. The molecule has 4 heteroatoms. The molecule has 20 heavy (non-hydrogen) atoms. The molecule has 1 atom stereocenters. The smallest absolute Gasteiger partial charge is 0.124 e. The zero-order chi connectivity index (χ0) is 14.5. The largest absolute Gasteiger partial charge is 0.496 e. The lowest BCUT2D eigenvalue weighted by atomic mass is 10.1. The van der Waals surface area contributed by atoms with E-state index < -0.39 is 0 Å². The molecule has 0 aliphatic heterocycles. The molecule has 106 valence electrons. The molecule has 0 saturated heterocycles. The summed E-state index contributed by atoms with van der Waals surface area (Å²) in [6.45, 7) is 2.08. The Morgan fingerprint density at radius 3 is 2.60 bits per heavy atom. The third kappa shape index (κ3) is 3.32. The van der Waals surface area contributed by atoms with Crippen molar-refractivity contribution in [2.45, 2.75) is 22.8 Å². The average molecular weight is 291 g/mol. The van der Waals surface area contributed by atoms with Crippen LogP contribution in [0.4, 0.5) is 4.39 Å². The predicted molar refractivity (Wildman–Crippen MR) is 81.0 cm³/mol. The van der Waals surface area contributed by atoms with Crippen LogP contribution in [-0.2, 0) is 0 Å². The Bertz CT molecular complexity index is 588. The third-order valence-corrected chi connectivity index (χ3v) is 4.20. The predicted octanol–water partition coefficient (Wildman–Crippen LogP) is 4.27. The topological polar surface area (TPSA) is 21.3 Å². The molecule has 0 aliphatic rings. The summed E-state index contributed by atoms with van der Waals surface area (Å²) in [5.41, 5.74) is 1.09. The maximum Gasteiger partial charge on any atom is 0.124 e. The molecule has 0 radical (unpaired) electrons. The quantitative estimate of drug-likeness (QED) is 0.889. The van der Waals surface area contributed by atoms with Crippen molar-refractivity contribution in [3.8, 4) is 5.75 Å². The van der Waals surface area contributed by atoms with Crippen LogP contribution in [0.3, 0.4) is 0 Å². The Labute approximate surface area is 123 Å². The maximum absolute atomic E-state index is 13.3. The summed E-state index contributed by atoms with van der Waals surface area (Å²) in [6.07, 6.45) is 0. The van der Waals surface area contributed by atoms with Crippen LogP contribution in [0.5, 0.6) is 5.75 Å². The number of nitrogens with one attached hydrogen (secondary N) is 1. The van der Waals surface area contributed by atoms with E-state index in [4.69, 9.17) is 4.74 Å². The van der Waals surface area contributed by atoms with Gasteiger partial charge in [0.1, 0.15) is 11.6 Å². The van der Waals surface area contributed by atoms with E-state index in [9.17, 15) is 4.39 Å². The minimum absolute atomic E-state index is 0.155. The van der Waals surface area contributed by atoms with Gasteiger partial charge in [-0.25, -0.2) is 4.39 Å². The number of hydrogen-bond donors (Lipinski definition) is 1. The van der Waals surface area contributed by atoms with E-state index in [-0.39, 0.29) is 11.9 Å². The second kappa shape index (κ2) is 6.77. The Balaban J connectivity index is 2.40. The van der Waals surface area contributed by atoms with Crippen molar-refractivity contribution in [3.05, 3.63) is 53.8 Å². The van der Waals surface area contributed by atoms with Gasteiger partial charge < -0.3 is 10.1 Å². The molecule has 0 aromatic heterocycles. The Morgan fingerprint density at radius 2 is 1.95 bits per heavy atom. The number of methoxy groups -OCH3 is 1. The summed E-state index contributed by atoms with van der Waals surface area (Å²) in [5, 5.41) is 3.23. The fourth-order valence-electron chi connectivity index (χ4n) is 2.02. The molecule has 2 aromatic carbocycles. The number of rotatable bonds is 5. The van der Waals surface area contributed by atoms with E-state index in [0.29, 0.717) is 0 Å². The molecule has 2 aromatic rings. The van der Waals surface area contributed by atoms with Crippen molar-refractivity contribution in [3.63, 3.8) is 0 Å². The molecule has 0 fully saturated rings. The van der Waals surface area contributed by atoms with Crippen LogP contribution in [0.1, 0.15) is 18.5 Å². The van der Waals surface area contributed by atoms with Gasteiger partial charge in [-0.15, -0.1) is 0 Å². The monoisotopic (exact) mass is 291 g/mol. The summed E-state index contributed by atoms with van der Waals surface area (Å²) in [5.74, 6) is 0.620. The molecule has 0 spiro atoms. The molecular formula is C16H18FNOS. The van der Waals surface area contributed by atoms with Gasteiger partial charge in [-0.2, -0.15) is 0 Å². The van der Waals surface area contributed by atoms with Crippen molar-refractivity contribution in [1.82, 2.24) is 5.32 Å². The zero-order valence-electron chi connectivity index (χ0n) is 11.8. The van der Waals surface area contributed by atoms with E-state index in [1.807, 2.05) is 31.3 Å². The molecule has 1 unspecified atom stereocenters. The lowest BCUT2D eigenvalue weighted by Gasteiger charge is -2.19. The summed E-state index contributed by atoms with van der Waals surface area (Å²) >= 11 is 1.54. The second-order valence-corrected chi connectivity index (χ2v) is 5.56. The van der Waals surface area contributed by atoms with Gasteiger partial charge >= 0.3 is 0 Å². The first-order valence-corrected chi connectivity index (χ1v) is 7.25. The molecule has 0 aliphatic carbocycles. The van der Waals surface area contributed by atoms with Crippen LogP contribution >= 0.6 is 11.8 Å². The fraction of sp³-hybridized carbons (Fsp3) is 0.250. The van der Waals surface area contributed by atoms with Gasteiger partial charge in [-0.3, -0.25) is 0 Å². The van der Waals surface area contributed by atoms with Gasteiger partial charge in [0.05, 0.1) is 7.11 Å². The highest BCUT2D eigenvalue weighted by molar-refractivity contribution is 7.99. The first kappa shape index (κ1) is 14.9. The minimum atomic E-state index is -0.221. The molecule has 1 N–H and O–H groups in total. The van der Waals surface area contributed by atoms with Gasteiger partial charge in [0.25, 0.3) is 0 Å². The van der Waals surface area contributed by atoms with Gasteiger partial charge in [0.2, 0.25) is 0 Å². The number of halogens is 1. The summed E-state index contributed by atoms with van der Waals surface area (Å²) < 4.78 is 18.7. The minimum Gasteiger partial charge on any atom is -0.496 e. The van der Waals surface area contributed by atoms with Crippen LogP contribution in [0.25, 0.3) is 0 Å². The van der Waals surface area contributed by atoms with Crippen LogP contribution in [0.15, 0.2) is 52.3 Å². The molecule has 0 amide bonds. The molecular weight excluding hydrogens is 273 g/mol. The van der Waals surface area contributed by atoms with Crippen molar-refractivity contribution >= 4 is 11.8 Å². The van der Waals surface area contributed by atoms with E-state index in [1.165, 1.54) is 12.1 Å². The SMILES string of the molecule is CNC(C)c1c(OC)cccc1Sc1cccc(F)c1. The molecule has 2 nitrogen and oxygen atoms in total. The van der Waals surface area contributed by atoms with Gasteiger partial charge in [0, 0.05) is 21.4 Å². The van der Waals surface area contributed by atoms with Gasteiger partial charge in [0.15, 0.2) is 0 Å². The van der Waals surface area contributed by atoms with E-state index in [2.05, 4.69) is 12.2 Å². The standard InChI is InChI=1S/C16H18FNOS/c1-11(18-2)16-14(19-3)8-5-9-15(16)20-13-7-4-6-12(17)10-13/h4-11,18H,1-3H3. The summed E-state index contributed by atoms with van der Waals surface area (Å²) in [7, 11) is 3.57. The number of ether oxygens (including phenoxy) is 1. The summed E-state index contributed by atoms with van der Waals surface area (Å²) in [6, 6.07) is 12.7. The van der Waals surface area contributed by atoms with Crippen LogP contribution < -0.4 is 10.1 Å². The van der Waals surface area contributed by atoms with Crippen LogP contribution in [0, 0.1) is 5.82 Å². The van der Waals surface area contributed by atoms with Crippen LogP contribution in [-0.4, -0.2) is 14.2 Å². The normalized spacial score (nSPS) is 12.2. The first-order valence-electron chi connectivity index (χ1n) is 6.43. The molecule has 0 heterocycles. The molecule has 0 bridgehead atoms. The highest BCUT2D eigenvalue weighted by Crippen LogP contribution is 2.38. The molecule has 0 saturated carbocycles. The Hall–Kier alpha value is -1.52. The van der Waals surface area contributed by atoms with Crippen LogP contribution in [0.2, 0.25) is 0 Å². The average Bonchev–Trinajstić information content (AvgIpc) is 2.46. The highest BCUT2D eigenvalue weighted by atomic mass is 32.2. The van der Waals surface area contributed by atoms with Crippen molar-refractivity contribution in [2.24, 2.45) is 0 Å². The van der Waals surface area contributed by atoms with Crippen molar-refractivity contribution in [2.75, 3.05) is 14.2 Å². The zero-order valence-corrected chi connectivity index (χ0v) is 12.6. The van der Waals surface area contributed by atoms with Crippen molar-refractivity contribution in [1.29, 1.82) is 0 Å².